The van der Waals surface area contributed by atoms with Crippen molar-refractivity contribution >= 4 is 28.3 Å². The molecule has 0 aliphatic heterocycles. The van der Waals surface area contributed by atoms with Crippen molar-refractivity contribution in [2.24, 2.45) is 16.5 Å². The molecule has 3 heterocycles. The highest BCUT2D eigenvalue weighted by molar-refractivity contribution is 7.13. The van der Waals surface area contributed by atoms with Gasteiger partial charge in [0.1, 0.15) is 5.69 Å². The lowest BCUT2D eigenvalue weighted by Crippen LogP contribution is -2.21. The molecule has 0 saturated heterocycles. The number of furan rings is 1. The number of rotatable bonds is 5. The number of anilines is 1. The lowest BCUT2D eigenvalue weighted by molar-refractivity contribution is 0.578. The van der Waals surface area contributed by atoms with Gasteiger partial charge in [0.05, 0.1) is 24.2 Å². The van der Waals surface area contributed by atoms with Crippen LogP contribution in [0.5, 0.6) is 0 Å². The molecule has 0 aromatic carbocycles. The summed E-state index contributed by atoms with van der Waals surface area (Å²) in [6.07, 6.45) is 1.62. The summed E-state index contributed by atoms with van der Waals surface area (Å²) < 4.78 is 5.22. The largest absolute Gasteiger partial charge is 0.449 e. The minimum atomic E-state index is -0.00902. The van der Waals surface area contributed by atoms with Crippen LogP contribution in [0.1, 0.15) is 5.69 Å². The van der Waals surface area contributed by atoms with Crippen LogP contribution in [0.15, 0.2) is 51.4 Å². The van der Waals surface area contributed by atoms with Crippen LogP contribution in [-0.2, 0) is 6.54 Å². The molecule has 3 aromatic rings. The van der Waals surface area contributed by atoms with Gasteiger partial charge in [-0.1, -0.05) is 6.07 Å². The predicted molar refractivity (Wildman–Crippen MR) is 86.8 cm³/mol. The second-order valence-electron chi connectivity index (χ2n) is 4.40. The van der Waals surface area contributed by atoms with Crippen molar-refractivity contribution in [3.63, 3.8) is 0 Å². The lowest BCUT2D eigenvalue weighted by atomic mass is 10.2. The van der Waals surface area contributed by atoms with E-state index in [1.807, 2.05) is 35.7 Å². The quantitative estimate of drug-likeness (QED) is 0.491. The summed E-state index contributed by atoms with van der Waals surface area (Å²) in [7, 11) is 0. The fourth-order valence-corrected chi connectivity index (χ4v) is 2.52. The number of pyridine rings is 1. The molecular weight excluding hydrogens is 300 g/mol. The summed E-state index contributed by atoms with van der Waals surface area (Å²) in [5.41, 5.74) is 13.1. The van der Waals surface area contributed by atoms with E-state index in [4.69, 9.17) is 15.9 Å². The SMILES string of the molecule is NC(N)=Nc1nc(-c2cccc(CNc3ccco3)n2)cs1. The topological polar surface area (TPSA) is 115 Å². The van der Waals surface area contributed by atoms with E-state index in [0.717, 1.165) is 17.1 Å². The average Bonchev–Trinajstić information content (AvgIpc) is 3.16. The molecule has 0 amide bonds. The van der Waals surface area contributed by atoms with Crippen LogP contribution in [-0.4, -0.2) is 15.9 Å². The molecule has 0 unspecified atom stereocenters. The van der Waals surface area contributed by atoms with E-state index < -0.39 is 0 Å². The molecule has 0 bridgehead atoms. The Morgan fingerprint density at radius 1 is 1.18 bits per heavy atom. The molecule has 3 aromatic heterocycles. The van der Waals surface area contributed by atoms with Gasteiger partial charge in [0.15, 0.2) is 11.8 Å². The summed E-state index contributed by atoms with van der Waals surface area (Å²) in [6, 6.07) is 9.44. The van der Waals surface area contributed by atoms with E-state index in [0.29, 0.717) is 17.6 Å². The van der Waals surface area contributed by atoms with E-state index in [9.17, 15) is 0 Å². The van der Waals surface area contributed by atoms with E-state index in [1.165, 1.54) is 11.3 Å². The monoisotopic (exact) mass is 314 g/mol. The Morgan fingerprint density at radius 2 is 2.09 bits per heavy atom. The number of aromatic nitrogens is 2. The van der Waals surface area contributed by atoms with Gasteiger partial charge in [-0.15, -0.1) is 11.3 Å². The summed E-state index contributed by atoms with van der Waals surface area (Å²) in [6.45, 7) is 0.562. The third kappa shape index (κ3) is 3.41. The first-order valence-corrected chi connectivity index (χ1v) is 7.37. The molecule has 0 aliphatic carbocycles. The highest BCUT2D eigenvalue weighted by atomic mass is 32.1. The maximum atomic E-state index is 5.34. The molecule has 0 radical (unpaired) electrons. The molecule has 0 spiro atoms. The summed E-state index contributed by atoms with van der Waals surface area (Å²) in [5, 5.41) is 5.53. The van der Waals surface area contributed by atoms with Gasteiger partial charge in [0, 0.05) is 11.4 Å². The molecule has 22 heavy (non-hydrogen) atoms. The number of thiazole rings is 1. The molecule has 112 valence electrons. The van der Waals surface area contributed by atoms with Gasteiger partial charge in [0.2, 0.25) is 5.13 Å². The molecule has 5 N–H and O–H groups in total. The first-order chi connectivity index (χ1) is 10.7. The number of hydrogen-bond donors (Lipinski definition) is 3. The predicted octanol–water partition coefficient (Wildman–Crippen LogP) is 2.32. The Bertz CT molecular complexity index is 776. The van der Waals surface area contributed by atoms with Gasteiger partial charge in [-0.2, -0.15) is 4.99 Å². The van der Waals surface area contributed by atoms with Crippen molar-refractivity contribution in [2.45, 2.75) is 6.54 Å². The summed E-state index contributed by atoms with van der Waals surface area (Å²) in [4.78, 5) is 12.8. The van der Waals surface area contributed by atoms with Crippen molar-refractivity contribution in [1.82, 2.24) is 9.97 Å². The third-order valence-electron chi connectivity index (χ3n) is 2.75. The van der Waals surface area contributed by atoms with Crippen molar-refractivity contribution in [2.75, 3.05) is 5.32 Å². The van der Waals surface area contributed by atoms with Crippen LogP contribution >= 0.6 is 11.3 Å². The van der Waals surface area contributed by atoms with Gasteiger partial charge in [-0.3, -0.25) is 0 Å². The molecule has 0 aliphatic rings. The van der Waals surface area contributed by atoms with E-state index in [-0.39, 0.29) is 5.96 Å². The molecule has 0 fully saturated rings. The molecule has 0 saturated carbocycles. The van der Waals surface area contributed by atoms with Crippen molar-refractivity contribution < 1.29 is 4.42 Å². The van der Waals surface area contributed by atoms with Crippen molar-refractivity contribution in [3.05, 3.63) is 47.7 Å². The number of hydrogen-bond acceptors (Lipinski definition) is 6. The Balaban J connectivity index is 1.75. The standard InChI is InChI=1S/C14H14N6OS/c15-13(16)20-14-19-11(8-22-14)10-4-1-3-9(18-10)7-17-12-5-2-6-21-12/h1-6,8,17H,7H2,(H4,15,16,19,20). The first kappa shape index (κ1) is 14.1. The molecule has 8 heteroatoms. The lowest BCUT2D eigenvalue weighted by Gasteiger charge is -2.04. The smallest absolute Gasteiger partial charge is 0.212 e. The minimum absolute atomic E-state index is 0.00902. The number of nitrogens with one attached hydrogen (secondary N) is 1. The number of nitrogens with two attached hydrogens (primary N) is 2. The van der Waals surface area contributed by atoms with E-state index in [2.05, 4.69) is 20.3 Å². The number of aliphatic imine (C=N–C) groups is 1. The Hall–Kier alpha value is -2.87. The van der Waals surface area contributed by atoms with Crippen LogP contribution in [0.25, 0.3) is 11.4 Å². The van der Waals surface area contributed by atoms with Crippen LogP contribution < -0.4 is 16.8 Å². The second kappa shape index (κ2) is 6.27. The van der Waals surface area contributed by atoms with Crippen LogP contribution in [0.2, 0.25) is 0 Å². The minimum Gasteiger partial charge on any atom is -0.449 e. The van der Waals surface area contributed by atoms with E-state index in [1.54, 1.807) is 6.26 Å². The van der Waals surface area contributed by atoms with Crippen LogP contribution in [0, 0.1) is 0 Å². The molecule has 3 rings (SSSR count). The zero-order valence-electron chi connectivity index (χ0n) is 11.6. The average molecular weight is 314 g/mol. The van der Waals surface area contributed by atoms with Crippen molar-refractivity contribution in [1.29, 1.82) is 0 Å². The van der Waals surface area contributed by atoms with Gasteiger partial charge in [0.25, 0.3) is 0 Å². The number of nitrogens with zero attached hydrogens (tertiary/aromatic N) is 3. The molecular formula is C14H14N6OS. The van der Waals surface area contributed by atoms with Crippen molar-refractivity contribution in [3.8, 4) is 11.4 Å². The maximum absolute atomic E-state index is 5.34. The fraction of sp³-hybridized carbons (Fsp3) is 0.0714. The molecule has 7 nitrogen and oxygen atoms in total. The second-order valence-corrected chi connectivity index (χ2v) is 5.23. The number of guanidine groups is 1. The highest BCUT2D eigenvalue weighted by Gasteiger charge is 2.07. The highest BCUT2D eigenvalue weighted by Crippen LogP contribution is 2.25. The van der Waals surface area contributed by atoms with Gasteiger partial charge < -0.3 is 21.2 Å². The third-order valence-corrected chi connectivity index (χ3v) is 3.49. The fourth-order valence-electron chi connectivity index (χ4n) is 1.82. The van der Waals surface area contributed by atoms with E-state index >= 15 is 0 Å². The van der Waals surface area contributed by atoms with Crippen LogP contribution in [0.4, 0.5) is 11.0 Å². The summed E-state index contributed by atoms with van der Waals surface area (Å²) >= 11 is 1.36. The van der Waals surface area contributed by atoms with Crippen LogP contribution in [0.3, 0.4) is 0 Å². The normalized spacial score (nSPS) is 10.4. The van der Waals surface area contributed by atoms with Gasteiger partial charge in [-0.05, 0) is 18.2 Å². The Morgan fingerprint density at radius 3 is 2.86 bits per heavy atom. The molecule has 0 atom stereocenters. The Labute approximate surface area is 130 Å². The summed E-state index contributed by atoms with van der Waals surface area (Å²) in [5.74, 6) is 0.696. The Kier molecular flexibility index (Phi) is 4.01. The first-order valence-electron chi connectivity index (χ1n) is 6.49. The van der Waals surface area contributed by atoms with Gasteiger partial charge >= 0.3 is 0 Å². The maximum Gasteiger partial charge on any atom is 0.212 e. The van der Waals surface area contributed by atoms with Gasteiger partial charge in [-0.25, -0.2) is 9.97 Å². The zero-order valence-corrected chi connectivity index (χ0v) is 12.4. The zero-order chi connectivity index (χ0) is 15.4.